The number of hydrogen-bond donors (Lipinski definition) is 2. The highest BCUT2D eigenvalue weighted by Gasteiger charge is 2.26. The molecule has 0 aliphatic heterocycles. The number of rotatable bonds is 38. The lowest BCUT2D eigenvalue weighted by Gasteiger charge is -2.19. The highest BCUT2D eigenvalue weighted by molar-refractivity contribution is 7.47. The van der Waals surface area contributed by atoms with Crippen LogP contribution in [-0.2, 0) is 32.7 Å². The van der Waals surface area contributed by atoms with Gasteiger partial charge in [-0.25, -0.2) is 4.57 Å². The lowest BCUT2D eigenvalue weighted by molar-refractivity contribution is -0.161. The standard InChI is InChI=1S/C40H76NO8P/c1-3-5-7-9-11-13-15-17-19-21-22-24-26-28-30-32-39(42)46-36-38(37-48-50(44,45)47-35-34-41)49-40(43)33-31-29-27-25-23-20-18-16-14-12-10-8-6-4-2/h9,11,16,18,38H,3-8,10,12-15,17,19-37,41H2,1-2H3,(H,44,45)/b11-9+,18-16+/t38-/m1/s1. The van der Waals surface area contributed by atoms with Crippen molar-refractivity contribution < 1.29 is 37.6 Å². The minimum atomic E-state index is -4.37. The van der Waals surface area contributed by atoms with Gasteiger partial charge in [0.05, 0.1) is 13.2 Å². The van der Waals surface area contributed by atoms with Gasteiger partial charge in [0.2, 0.25) is 0 Å². The monoisotopic (exact) mass is 730 g/mol. The smallest absolute Gasteiger partial charge is 0.462 e. The second-order valence-corrected chi connectivity index (χ2v) is 14.9. The number of nitrogens with two attached hydrogens (primary N) is 1. The van der Waals surface area contributed by atoms with Gasteiger partial charge in [0.1, 0.15) is 6.61 Å². The summed E-state index contributed by atoms with van der Waals surface area (Å²) in [6.45, 7) is 3.68. The zero-order valence-electron chi connectivity index (χ0n) is 32.1. The van der Waals surface area contributed by atoms with Gasteiger partial charge in [-0.2, -0.15) is 0 Å². The first-order valence-electron chi connectivity index (χ1n) is 20.3. The fourth-order valence-corrected chi connectivity index (χ4v) is 6.26. The molecule has 10 heteroatoms. The van der Waals surface area contributed by atoms with Crippen molar-refractivity contribution in [1.29, 1.82) is 0 Å². The molecule has 3 N–H and O–H groups in total. The van der Waals surface area contributed by atoms with Crippen molar-refractivity contribution in [3.8, 4) is 0 Å². The zero-order chi connectivity index (χ0) is 36.8. The number of phosphoric acid groups is 1. The Balaban J connectivity index is 4.19. The Morgan fingerprint density at radius 1 is 0.580 bits per heavy atom. The topological polar surface area (TPSA) is 134 Å². The SMILES string of the molecule is CCCC/C=C/CCCCCCCCCCCC(=O)OC[C@H](COP(=O)(O)OCCN)OC(=O)CCCCCCC/C=C/CCCCCCC. The Morgan fingerprint density at radius 3 is 1.48 bits per heavy atom. The normalized spacial score (nSPS) is 13.6. The summed E-state index contributed by atoms with van der Waals surface area (Å²) < 4.78 is 32.7. The van der Waals surface area contributed by atoms with Crippen LogP contribution in [0.3, 0.4) is 0 Å². The molecule has 294 valence electrons. The maximum absolute atomic E-state index is 12.5. The zero-order valence-corrected chi connectivity index (χ0v) is 33.0. The van der Waals surface area contributed by atoms with Crippen LogP contribution in [0.15, 0.2) is 24.3 Å². The third-order valence-electron chi connectivity index (χ3n) is 8.56. The van der Waals surface area contributed by atoms with Crippen LogP contribution in [0.1, 0.15) is 187 Å². The van der Waals surface area contributed by atoms with Crippen LogP contribution in [0.5, 0.6) is 0 Å². The number of phosphoric ester groups is 1. The van der Waals surface area contributed by atoms with E-state index < -0.39 is 26.5 Å². The summed E-state index contributed by atoms with van der Waals surface area (Å²) in [6, 6.07) is 0. The summed E-state index contributed by atoms with van der Waals surface area (Å²) in [5.74, 6) is -0.838. The van der Waals surface area contributed by atoms with E-state index in [-0.39, 0.29) is 38.6 Å². The lowest BCUT2D eigenvalue weighted by atomic mass is 10.1. The molecule has 1 unspecified atom stereocenters. The second kappa shape index (κ2) is 37.3. The first-order valence-corrected chi connectivity index (χ1v) is 21.8. The van der Waals surface area contributed by atoms with Gasteiger partial charge in [0.15, 0.2) is 6.10 Å². The summed E-state index contributed by atoms with van der Waals surface area (Å²) in [6.07, 6.45) is 37.7. The molecule has 0 rings (SSSR count). The van der Waals surface area contributed by atoms with E-state index in [4.69, 9.17) is 24.3 Å². The highest BCUT2D eigenvalue weighted by atomic mass is 31.2. The van der Waals surface area contributed by atoms with E-state index >= 15 is 0 Å². The van der Waals surface area contributed by atoms with Gasteiger partial charge >= 0.3 is 19.8 Å². The van der Waals surface area contributed by atoms with Gasteiger partial charge in [-0.3, -0.25) is 18.6 Å². The van der Waals surface area contributed by atoms with E-state index in [1.807, 2.05) is 0 Å². The van der Waals surface area contributed by atoms with E-state index in [1.54, 1.807) is 0 Å². The average Bonchev–Trinajstić information content (AvgIpc) is 3.10. The average molecular weight is 730 g/mol. The molecule has 0 saturated carbocycles. The number of carbonyl (C=O) groups is 2. The van der Waals surface area contributed by atoms with Crippen molar-refractivity contribution in [2.45, 2.75) is 193 Å². The maximum Gasteiger partial charge on any atom is 0.472 e. The first-order chi connectivity index (χ1) is 24.3. The van der Waals surface area contributed by atoms with Crippen molar-refractivity contribution in [2.24, 2.45) is 5.73 Å². The second-order valence-electron chi connectivity index (χ2n) is 13.5. The van der Waals surface area contributed by atoms with Crippen LogP contribution in [0.2, 0.25) is 0 Å². The number of esters is 2. The molecule has 0 aliphatic rings. The van der Waals surface area contributed by atoms with Crippen molar-refractivity contribution in [3.05, 3.63) is 24.3 Å². The van der Waals surface area contributed by atoms with Crippen LogP contribution in [0.25, 0.3) is 0 Å². The van der Waals surface area contributed by atoms with Crippen LogP contribution in [-0.4, -0.2) is 49.3 Å². The molecule has 0 amide bonds. The number of allylic oxidation sites excluding steroid dienone is 4. The van der Waals surface area contributed by atoms with Crippen molar-refractivity contribution in [3.63, 3.8) is 0 Å². The molecule has 0 spiro atoms. The van der Waals surface area contributed by atoms with Crippen LogP contribution >= 0.6 is 7.82 Å². The Kier molecular flexibility index (Phi) is 36.1. The molecule has 0 radical (unpaired) electrons. The Labute approximate surface area is 306 Å². The van der Waals surface area contributed by atoms with E-state index in [1.165, 1.54) is 103 Å². The third kappa shape index (κ3) is 36.3. The molecular weight excluding hydrogens is 653 g/mol. The van der Waals surface area contributed by atoms with Gasteiger partial charge in [0.25, 0.3) is 0 Å². The van der Waals surface area contributed by atoms with E-state index in [2.05, 4.69) is 38.2 Å². The lowest BCUT2D eigenvalue weighted by Crippen LogP contribution is -2.29. The van der Waals surface area contributed by atoms with Crippen molar-refractivity contribution >= 4 is 19.8 Å². The quantitative estimate of drug-likeness (QED) is 0.0275. The molecule has 50 heavy (non-hydrogen) atoms. The third-order valence-corrected chi connectivity index (χ3v) is 9.54. The minimum absolute atomic E-state index is 0.0527. The highest BCUT2D eigenvalue weighted by Crippen LogP contribution is 2.43. The van der Waals surface area contributed by atoms with Crippen LogP contribution < -0.4 is 5.73 Å². The van der Waals surface area contributed by atoms with Gasteiger partial charge in [0, 0.05) is 19.4 Å². The molecule has 0 aliphatic carbocycles. The Bertz CT molecular complexity index is 881. The molecule has 0 saturated heterocycles. The summed E-state index contributed by atoms with van der Waals surface area (Å²) >= 11 is 0. The Hall–Kier alpha value is -1.51. The molecule has 2 atom stereocenters. The van der Waals surface area contributed by atoms with Crippen LogP contribution in [0.4, 0.5) is 0 Å². The molecule has 9 nitrogen and oxygen atoms in total. The van der Waals surface area contributed by atoms with Crippen molar-refractivity contribution in [1.82, 2.24) is 0 Å². The predicted molar refractivity (Wildman–Crippen MR) is 206 cm³/mol. The molecular formula is C40H76NO8P. The number of ether oxygens (including phenoxy) is 2. The molecule has 0 heterocycles. The number of hydrogen-bond acceptors (Lipinski definition) is 8. The van der Waals surface area contributed by atoms with E-state index in [0.29, 0.717) is 6.42 Å². The van der Waals surface area contributed by atoms with Gasteiger partial charge in [-0.05, 0) is 57.8 Å². The van der Waals surface area contributed by atoms with Crippen molar-refractivity contribution in [2.75, 3.05) is 26.4 Å². The Morgan fingerprint density at radius 2 is 1.00 bits per heavy atom. The van der Waals surface area contributed by atoms with E-state index in [0.717, 1.165) is 51.4 Å². The van der Waals surface area contributed by atoms with E-state index in [9.17, 15) is 19.0 Å². The van der Waals surface area contributed by atoms with Gasteiger partial charge in [-0.15, -0.1) is 0 Å². The molecule has 0 fully saturated rings. The summed E-state index contributed by atoms with van der Waals surface area (Å²) in [5, 5.41) is 0. The largest absolute Gasteiger partial charge is 0.472 e. The minimum Gasteiger partial charge on any atom is -0.462 e. The molecule has 0 aromatic carbocycles. The number of unbranched alkanes of at least 4 members (excludes halogenated alkanes) is 21. The van der Waals surface area contributed by atoms with Gasteiger partial charge in [-0.1, -0.05) is 141 Å². The summed E-state index contributed by atoms with van der Waals surface area (Å²) in [5.41, 5.74) is 5.34. The fourth-order valence-electron chi connectivity index (χ4n) is 5.49. The van der Waals surface area contributed by atoms with Crippen LogP contribution in [0, 0.1) is 0 Å². The maximum atomic E-state index is 12.5. The number of carbonyl (C=O) groups excluding carboxylic acids is 2. The van der Waals surface area contributed by atoms with Gasteiger partial charge < -0.3 is 20.1 Å². The summed E-state index contributed by atoms with van der Waals surface area (Å²) in [7, 11) is -4.37. The predicted octanol–water partition coefficient (Wildman–Crippen LogP) is 11.2. The summed E-state index contributed by atoms with van der Waals surface area (Å²) in [4.78, 5) is 34.8. The molecule has 0 aromatic heterocycles. The fraction of sp³-hybridized carbons (Fsp3) is 0.850. The molecule has 0 aromatic rings. The molecule has 0 bridgehead atoms. The first kappa shape index (κ1) is 48.5.